The van der Waals surface area contributed by atoms with Crippen LogP contribution in [0.3, 0.4) is 0 Å². The Morgan fingerprint density at radius 3 is 2.89 bits per heavy atom. The normalized spacial score (nSPS) is 20.9. The molecule has 19 heavy (non-hydrogen) atoms. The first-order valence-corrected chi connectivity index (χ1v) is 9.12. The molecule has 1 aliphatic rings. The second kappa shape index (κ2) is 5.95. The highest BCUT2D eigenvalue weighted by Crippen LogP contribution is 2.23. The standard InChI is InChI=1S/C13H16N2O2S2/c1-19(16,17)13-10-18-7-6-15(13)9-12-5-3-2-4-11(12)8-14/h2-5,13H,6-7,9-10H2,1H3. The predicted octanol–water partition coefficient (Wildman–Crippen LogP) is 1.48. The van der Waals surface area contributed by atoms with E-state index in [9.17, 15) is 8.42 Å². The lowest BCUT2D eigenvalue weighted by Crippen LogP contribution is -2.46. The van der Waals surface area contributed by atoms with Gasteiger partial charge in [0.05, 0.1) is 11.6 Å². The van der Waals surface area contributed by atoms with E-state index in [-0.39, 0.29) is 0 Å². The Bertz CT molecular complexity index is 593. The summed E-state index contributed by atoms with van der Waals surface area (Å²) in [4.78, 5) is 1.96. The fourth-order valence-corrected chi connectivity index (χ4v) is 5.12. The van der Waals surface area contributed by atoms with Crippen LogP contribution in [0.4, 0.5) is 0 Å². The smallest absolute Gasteiger partial charge is 0.164 e. The zero-order chi connectivity index (χ0) is 13.9. The molecule has 1 atom stereocenters. The summed E-state index contributed by atoms with van der Waals surface area (Å²) >= 11 is 1.67. The van der Waals surface area contributed by atoms with Crippen molar-refractivity contribution in [1.29, 1.82) is 5.26 Å². The minimum Gasteiger partial charge on any atom is -0.281 e. The van der Waals surface area contributed by atoms with Crippen LogP contribution in [0.15, 0.2) is 24.3 Å². The predicted molar refractivity (Wildman–Crippen MR) is 77.5 cm³/mol. The van der Waals surface area contributed by atoms with Gasteiger partial charge in [-0.3, -0.25) is 4.90 Å². The highest BCUT2D eigenvalue weighted by atomic mass is 32.2. The molecule has 0 aromatic heterocycles. The van der Waals surface area contributed by atoms with E-state index in [1.165, 1.54) is 6.26 Å². The van der Waals surface area contributed by atoms with Crippen LogP contribution in [-0.2, 0) is 16.4 Å². The van der Waals surface area contributed by atoms with Gasteiger partial charge in [0.2, 0.25) is 0 Å². The molecule has 0 saturated carbocycles. The summed E-state index contributed by atoms with van der Waals surface area (Å²) in [6.07, 6.45) is 1.28. The third-order valence-electron chi connectivity index (χ3n) is 3.20. The maximum atomic E-state index is 11.8. The molecule has 0 amide bonds. The van der Waals surface area contributed by atoms with E-state index >= 15 is 0 Å². The summed E-state index contributed by atoms with van der Waals surface area (Å²) in [6.45, 7) is 1.25. The summed E-state index contributed by atoms with van der Waals surface area (Å²) in [6, 6.07) is 9.51. The zero-order valence-corrected chi connectivity index (χ0v) is 12.4. The van der Waals surface area contributed by atoms with Crippen LogP contribution < -0.4 is 0 Å². The largest absolute Gasteiger partial charge is 0.281 e. The summed E-state index contributed by atoms with van der Waals surface area (Å²) in [7, 11) is -3.09. The second-order valence-electron chi connectivity index (χ2n) is 4.60. The first-order chi connectivity index (χ1) is 9.02. The van der Waals surface area contributed by atoms with Gasteiger partial charge in [0.15, 0.2) is 9.84 Å². The Kier molecular flexibility index (Phi) is 4.50. The van der Waals surface area contributed by atoms with Gasteiger partial charge >= 0.3 is 0 Å². The van der Waals surface area contributed by atoms with E-state index in [0.29, 0.717) is 17.9 Å². The van der Waals surface area contributed by atoms with Crippen molar-refractivity contribution in [3.63, 3.8) is 0 Å². The first-order valence-electron chi connectivity index (χ1n) is 6.01. The van der Waals surface area contributed by atoms with Gasteiger partial charge in [-0.25, -0.2) is 8.42 Å². The summed E-state index contributed by atoms with van der Waals surface area (Å²) in [5.74, 6) is 1.54. The van der Waals surface area contributed by atoms with Crippen molar-refractivity contribution in [2.75, 3.05) is 24.3 Å². The Balaban J connectivity index is 2.23. The quantitative estimate of drug-likeness (QED) is 0.845. The number of rotatable bonds is 3. The van der Waals surface area contributed by atoms with E-state index in [0.717, 1.165) is 17.9 Å². The number of hydrogen-bond acceptors (Lipinski definition) is 5. The summed E-state index contributed by atoms with van der Waals surface area (Å²) in [5, 5.41) is 8.64. The minimum atomic E-state index is -3.09. The molecule has 102 valence electrons. The van der Waals surface area contributed by atoms with Crippen molar-refractivity contribution in [1.82, 2.24) is 4.90 Å². The lowest BCUT2D eigenvalue weighted by atomic mass is 10.1. The van der Waals surface area contributed by atoms with E-state index < -0.39 is 15.2 Å². The molecule has 0 aliphatic carbocycles. The van der Waals surface area contributed by atoms with Crippen LogP contribution in [0, 0.1) is 11.3 Å². The Hall–Kier alpha value is -1.03. The van der Waals surface area contributed by atoms with Gasteiger partial charge < -0.3 is 0 Å². The molecule has 1 fully saturated rings. The van der Waals surface area contributed by atoms with E-state index in [1.54, 1.807) is 17.8 Å². The van der Waals surface area contributed by atoms with Crippen molar-refractivity contribution in [3.05, 3.63) is 35.4 Å². The molecule has 2 rings (SSSR count). The molecule has 4 nitrogen and oxygen atoms in total. The zero-order valence-electron chi connectivity index (χ0n) is 10.7. The van der Waals surface area contributed by atoms with Crippen molar-refractivity contribution in [3.8, 4) is 6.07 Å². The minimum absolute atomic E-state index is 0.446. The molecular formula is C13H16N2O2S2. The molecule has 1 heterocycles. The van der Waals surface area contributed by atoms with Gasteiger partial charge in [0, 0.05) is 30.9 Å². The van der Waals surface area contributed by atoms with Gasteiger partial charge in [0.25, 0.3) is 0 Å². The van der Waals surface area contributed by atoms with Crippen molar-refractivity contribution in [2.24, 2.45) is 0 Å². The maximum Gasteiger partial charge on any atom is 0.164 e. The number of benzene rings is 1. The molecule has 1 aliphatic heterocycles. The lowest BCUT2D eigenvalue weighted by molar-refractivity contribution is 0.262. The summed E-state index contributed by atoms with van der Waals surface area (Å²) in [5.41, 5.74) is 1.51. The van der Waals surface area contributed by atoms with Gasteiger partial charge in [-0.1, -0.05) is 18.2 Å². The van der Waals surface area contributed by atoms with Crippen molar-refractivity contribution >= 4 is 21.6 Å². The number of nitriles is 1. The van der Waals surface area contributed by atoms with Crippen molar-refractivity contribution < 1.29 is 8.42 Å². The van der Waals surface area contributed by atoms with Crippen LogP contribution in [0.1, 0.15) is 11.1 Å². The van der Waals surface area contributed by atoms with Crippen molar-refractivity contribution in [2.45, 2.75) is 11.9 Å². The fourth-order valence-electron chi connectivity index (χ4n) is 2.18. The molecular weight excluding hydrogens is 280 g/mol. The molecule has 0 spiro atoms. The molecule has 1 unspecified atom stereocenters. The van der Waals surface area contributed by atoms with Gasteiger partial charge in [0.1, 0.15) is 5.37 Å². The average Bonchev–Trinajstić information content (AvgIpc) is 2.39. The fraction of sp³-hybridized carbons (Fsp3) is 0.462. The monoisotopic (exact) mass is 296 g/mol. The average molecular weight is 296 g/mol. The maximum absolute atomic E-state index is 11.8. The number of hydrogen-bond donors (Lipinski definition) is 0. The van der Waals surface area contributed by atoms with Crippen LogP contribution in [0.25, 0.3) is 0 Å². The third kappa shape index (κ3) is 3.50. The second-order valence-corrected chi connectivity index (χ2v) is 7.95. The molecule has 1 saturated heterocycles. The molecule has 6 heteroatoms. The Morgan fingerprint density at radius 1 is 1.47 bits per heavy atom. The Morgan fingerprint density at radius 2 is 2.21 bits per heavy atom. The van der Waals surface area contributed by atoms with Crippen LogP contribution in [0.5, 0.6) is 0 Å². The number of sulfone groups is 1. The van der Waals surface area contributed by atoms with Crippen LogP contribution in [0.2, 0.25) is 0 Å². The SMILES string of the molecule is CS(=O)(=O)C1CSCCN1Cc1ccccc1C#N. The number of thioether (sulfide) groups is 1. The molecule has 1 aromatic rings. The topological polar surface area (TPSA) is 61.2 Å². The van der Waals surface area contributed by atoms with Gasteiger partial charge in [-0.2, -0.15) is 17.0 Å². The van der Waals surface area contributed by atoms with Gasteiger partial charge in [-0.05, 0) is 11.6 Å². The summed E-state index contributed by atoms with van der Waals surface area (Å²) < 4.78 is 23.6. The van der Waals surface area contributed by atoms with E-state index in [4.69, 9.17) is 5.26 Å². The van der Waals surface area contributed by atoms with E-state index in [2.05, 4.69) is 6.07 Å². The Labute approximate surface area is 118 Å². The highest BCUT2D eigenvalue weighted by molar-refractivity contribution is 8.00. The van der Waals surface area contributed by atoms with Crippen LogP contribution in [-0.4, -0.2) is 43.0 Å². The first kappa shape index (κ1) is 14.4. The molecule has 0 radical (unpaired) electrons. The molecule has 1 aromatic carbocycles. The van der Waals surface area contributed by atoms with Gasteiger partial charge in [-0.15, -0.1) is 0 Å². The van der Waals surface area contributed by atoms with E-state index in [1.807, 2.05) is 23.1 Å². The number of nitrogens with zero attached hydrogens (tertiary/aromatic N) is 2. The third-order valence-corrected chi connectivity index (χ3v) is 5.88. The van der Waals surface area contributed by atoms with Crippen LogP contribution >= 0.6 is 11.8 Å². The highest BCUT2D eigenvalue weighted by Gasteiger charge is 2.31. The molecule has 0 N–H and O–H groups in total. The molecule has 0 bridgehead atoms. The lowest BCUT2D eigenvalue weighted by Gasteiger charge is -2.34.